The molecule has 0 saturated carbocycles. The quantitative estimate of drug-likeness (QED) is 0.819. The van der Waals surface area contributed by atoms with E-state index in [1.807, 2.05) is 0 Å². The maximum Gasteiger partial charge on any atom is 0.326 e. The maximum atomic E-state index is 12.6. The molecule has 124 valence electrons. The van der Waals surface area contributed by atoms with E-state index in [2.05, 4.69) is 0 Å². The van der Waals surface area contributed by atoms with Gasteiger partial charge in [-0.25, -0.2) is 9.59 Å². The van der Waals surface area contributed by atoms with E-state index in [4.69, 9.17) is 0 Å². The molecule has 2 aliphatic heterocycles. The third kappa shape index (κ3) is 3.51. The molecule has 2 aliphatic rings. The first-order valence-electron chi connectivity index (χ1n) is 7.91. The average Bonchev–Trinajstić information content (AvgIpc) is 2.53. The molecule has 7 heteroatoms. The van der Waals surface area contributed by atoms with Crippen LogP contribution in [0.2, 0.25) is 0 Å². The van der Waals surface area contributed by atoms with Crippen LogP contribution in [0.3, 0.4) is 0 Å². The molecule has 1 atom stereocenters. The lowest BCUT2D eigenvalue weighted by molar-refractivity contribution is -0.154. The van der Waals surface area contributed by atoms with Gasteiger partial charge in [0.2, 0.25) is 5.91 Å². The van der Waals surface area contributed by atoms with Crippen molar-refractivity contribution in [2.75, 3.05) is 33.7 Å². The van der Waals surface area contributed by atoms with E-state index in [1.54, 1.807) is 23.9 Å². The Balaban J connectivity index is 1.94. The number of piperidine rings is 2. The van der Waals surface area contributed by atoms with Crippen molar-refractivity contribution in [2.24, 2.45) is 5.92 Å². The third-order valence-electron chi connectivity index (χ3n) is 4.57. The van der Waals surface area contributed by atoms with Crippen LogP contribution < -0.4 is 0 Å². The predicted octanol–water partition coefficient (Wildman–Crippen LogP) is 0.846. The monoisotopic (exact) mass is 311 g/mol. The number of carbonyl (C=O) groups is 3. The number of rotatable bonds is 2. The summed E-state index contributed by atoms with van der Waals surface area (Å²) in [6.45, 7) is 1.64. The summed E-state index contributed by atoms with van der Waals surface area (Å²) in [6, 6.07) is -0.713. The number of hydrogen-bond donors (Lipinski definition) is 1. The molecular weight excluding hydrogens is 286 g/mol. The highest BCUT2D eigenvalue weighted by Crippen LogP contribution is 2.25. The number of nitrogens with zero attached hydrogens (tertiary/aromatic N) is 3. The second-order valence-electron chi connectivity index (χ2n) is 6.32. The summed E-state index contributed by atoms with van der Waals surface area (Å²) < 4.78 is 0. The summed E-state index contributed by atoms with van der Waals surface area (Å²) in [5, 5.41) is 9.28. The summed E-state index contributed by atoms with van der Waals surface area (Å²) in [4.78, 5) is 40.7. The molecule has 0 radical (unpaired) electrons. The van der Waals surface area contributed by atoms with E-state index in [0.29, 0.717) is 38.9 Å². The normalized spacial score (nSPS) is 23.3. The van der Waals surface area contributed by atoms with Gasteiger partial charge in [0, 0.05) is 39.6 Å². The fraction of sp³-hybridized carbons (Fsp3) is 0.800. The topological polar surface area (TPSA) is 81.2 Å². The van der Waals surface area contributed by atoms with Crippen LogP contribution in [0.5, 0.6) is 0 Å². The van der Waals surface area contributed by atoms with Gasteiger partial charge < -0.3 is 19.8 Å². The van der Waals surface area contributed by atoms with Crippen molar-refractivity contribution >= 4 is 17.9 Å². The van der Waals surface area contributed by atoms with Crippen LogP contribution in [0.4, 0.5) is 4.79 Å². The van der Waals surface area contributed by atoms with Gasteiger partial charge >= 0.3 is 12.0 Å². The molecule has 2 heterocycles. The molecule has 2 fully saturated rings. The predicted molar refractivity (Wildman–Crippen MR) is 80.4 cm³/mol. The summed E-state index contributed by atoms with van der Waals surface area (Å²) >= 11 is 0. The van der Waals surface area contributed by atoms with Crippen LogP contribution in [-0.4, -0.2) is 77.5 Å². The zero-order valence-electron chi connectivity index (χ0n) is 13.3. The molecule has 22 heavy (non-hydrogen) atoms. The standard InChI is InChI=1S/C15H25N3O4/c1-16(2)15(22)17-9-6-11(7-10-17)13(19)18-8-4-3-5-12(18)14(20)21/h11-12H,3-10H2,1-2H3,(H,20,21). The van der Waals surface area contributed by atoms with Crippen molar-refractivity contribution in [1.29, 1.82) is 0 Å². The van der Waals surface area contributed by atoms with E-state index in [-0.39, 0.29) is 17.9 Å². The third-order valence-corrected chi connectivity index (χ3v) is 4.57. The Kier molecular flexibility index (Phi) is 5.26. The van der Waals surface area contributed by atoms with Gasteiger partial charge in [0.25, 0.3) is 0 Å². The minimum Gasteiger partial charge on any atom is -0.480 e. The van der Waals surface area contributed by atoms with E-state index < -0.39 is 12.0 Å². The van der Waals surface area contributed by atoms with Crippen LogP contribution in [0.1, 0.15) is 32.1 Å². The van der Waals surface area contributed by atoms with Crippen molar-refractivity contribution in [1.82, 2.24) is 14.7 Å². The number of hydrogen-bond acceptors (Lipinski definition) is 3. The van der Waals surface area contributed by atoms with Gasteiger partial charge in [-0.05, 0) is 32.1 Å². The molecule has 2 saturated heterocycles. The summed E-state index contributed by atoms with van der Waals surface area (Å²) in [5.74, 6) is -1.12. The van der Waals surface area contributed by atoms with Crippen LogP contribution >= 0.6 is 0 Å². The Bertz CT molecular complexity index is 444. The molecule has 0 aromatic rings. The smallest absolute Gasteiger partial charge is 0.326 e. The Labute approximate surface area is 130 Å². The van der Waals surface area contributed by atoms with E-state index in [1.165, 1.54) is 4.90 Å². The zero-order chi connectivity index (χ0) is 16.3. The van der Waals surface area contributed by atoms with Crippen LogP contribution in [0, 0.1) is 5.92 Å². The van der Waals surface area contributed by atoms with Gasteiger partial charge in [-0.15, -0.1) is 0 Å². The van der Waals surface area contributed by atoms with Gasteiger partial charge in [0.15, 0.2) is 0 Å². The van der Waals surface area contributed by atoms with Gasteiger partial charge in [0.05, 0.1) is 0 Å². The highest BCUT2D eigenvalue weighted by atomic mass is 16.4. The van der Waals surface area contributed by atoms with E-state index >= 15 is 0 Å². The zero-order valence-corrected chi connectivity index (χ0v) is 13.3. The van der Waals surface area contributed by atoms with Gasteiger partial charge in [-0.3, -0.25) is 4.79 Å². The SMILES string of the molecule is CN(C)C(=O)N1CCC(C(=O)N2CCCCC2C(=O)O)CC1. The van der Waals surface area contributed by atoms with Crippen LogP contribution in [0.15, 0.2) is 0 Å². The Hall–Kier alpha value is -1.79. The van der Waals surface area contributed by atoms with Crippen molar-refractivity contribution in [3.63, 3.8) is 0 Å². The number of amides is 3. The van der Waals surface area contributed by atoms with Crippen LogP contribution in [-0.2, 0) is 9.59 Å². The second kappa shape index (κ2) is 6.98. The Morgan fingerprint density at radius 3 is 2.18 bits per heavy atom. The maximum absolute atomic E-state index is 12.6. The number of likely N-dealkylation sites (tertiary alicyclic amines) is 2. The summed E-state index contributed by atoms with van der Waals surface area (Å²) in [6.07, 6.45) is 3.49. The molecule has 0 aromatic carbocycles. The van der Waals surface area contributed by atoms with Gasteiger partial charge in [-0.1, -0.05) is 0 Å². The first-order valence-corrected chi connectivity index (χ1v) is 7.91. The number of carboxylic acids is 1. The minimum absolute atomic E-state index is 0.0349. The highest BCUT2D eigenvalue weighted by molar-refractivity contribution is 5.85. The molecule has 1 N–H and O–H groups in total. The van der Waals surface area contributed by atoms with Crippen molar-refractivity contribution in [2.45, 2.75) is 38.1 Å². The van der Waals surface area contributed by atoms with Crippen molar-refractivity contribution in [3.05, 3.63) is 0 Å². The number of carboxylic acid groups (broad SMARTS) is 1. The lowest BCUT2D eigenvalue weighted by atomic mass is 9.92. The summed E-state index contributed by atoms with van der Waals surface area (Å²) in [5.41, 5.74) is 0. The minimum atomic E-state index is -0.909. The lowest BCUT2D eigenvalue weighted by Crippen LogP contribution is -2.52. The largest absolute Gasteiger partial charge is 0.480 e. The van der Waals surface area contributed by atoms with Gasteiger partial charge in [-0.2, -0.15) is 0 Å². The van der Waals surface area contributed by atoms with Crippen molar-refractivity contribution in [3.8, 4) is 0 Å². The number of carbonyl (C=O) groups excluding carboxylic acids is 2. The van der Waals surface area contributed by atoms with E-state index in [0.717, 1.165) is 12.8 Å². The molecule has 0 bridgehead atoms. The molecule has 7 nitrogen and oxygen atoms in total. The fourth-order valence-corrected chi connectivity index (χ4v) is 3.29. The molecule has 3 amide bonds. The molecule has 0 aromatic heterocycles. The number of aliphatic carboxylic acids is 1. The summed E-state index contributed by atoms with van der Waals surface area (Å²) in [7, 11) is 3.43. The second-order valence-corrected chi connectivity index (χ2v) is 6.32. The Morgan fingerprint density at radius 1 is 1.00 bits per heavy atom. The first kappa shape index (κ1) is 16.6. The Morgan fingerprint density at radius 2 is 1.64 bits per heavy atom. The van der Waals surface area contributed by atoms with Gasteiger partial charge in [0.1, 0.15) is 6.04 Å². The van der Waals surface area contributed by atoms with Crippen LogP contribution in [0.25, 0.3) is 0 Å². The molecule has 2 rings (SSSR count). The molecule has 0 aliphatic carbocycles. The van der Waals surface area contributed by atoms with E-state index in [9.17, 15) is 19.5 Å². The highest BCUT2D eigenvalue weighted by Gasteiger charge is 2.37. The number of urea groups is 1. The molecular formula is C15H25N3O4. The molecule has 0 spiro atoms. The average molecular weight is 311 g/mol. The molecule has 1 unspecified atom stereocenters. The fourth-order valence-electron chi connectivity index (χ4n) is 3.29. The first-order chi connectivity index (χ1) is 10.4. The van der Waals surface area contributed by atoms with Crippen molar-refractivity contribution < 1.29 is 19.5 Å². The lowest BCUT2D eigenvalue weighted by Gasteiger charge is -2.38.